The van der Waals surface area contributed by atoms with Crippen LogP contribution in [0.25, 0.3) is 0 Å². The summed E-state index contributed by atoms with van der Waals surface area (Å²) in [6.45, 7) is 5.67. The van der Waals surface area contributed by atoms with E-state index in [1.165, 1.54) is 0 Å². The molecule has 1 unspecified atom stereocenters. The first-order valence-corrected chi connectivity index (χ1v) is 10.5. The Bertz CT molecular complexity index is 831. The highest BCUT2D eigenvalue weighted by atomic mass is 16.6. The molecule has 4 fully saturated rings. The molecule has 0 radical (unpaired) electrons. The van der Waals surface area contributed by atoms with Crippen LogP contribution in [0.1, 0.15) is 50.0 Å². The molecule has 0 saturated heterocycles. The molecule has 2 bridgehead atoms. The van der Waals surface area contributed by atoms with Gasteiger partial charge in [0.15, 0.2) is 0 Å². The van der Waals surface area contributed by atoms with E-state index in [2.05, 4.69) is 33.0 Å². The van der Waals surface area contributed by atoms with Gasteiger partial charge < -0.3 is 19.9 Å². The lowest BCUT2D eigenvalue weighted by Gasteiger charge is -2.61. The van der Waals surface area contributed by atoms with Gasteiger partial charge in [-0.25, -0.2) is 4.79 Å². The van der Waals surface area contributed by atoms with E-state index in [9.17, 15) is 9.59 Å². The first kappa shape index (κ1) is 20.4. The standard InChI is InChI=1S/C21H29N5O4/c1-13-7-17(30-26-13)9-19(27)23-6-5-18(25-22-2)15-3-4-16(8-15)29-20(28)24-21-10-14(11-21)12-21/h5,7,14-16,25H,2-4,6,8-12H2,1H3,(H,23,27)(H,24,28)/b18-5-/t14?,15-,16?,21?/m0/s1. The fourth-order valence-corrected chi connectivity index (χ4v) is 4.75. The van der Waals surface area contributed by atoms with E-state index < -0.39 is 0 Å². The van der Waals surface area contributed by atoms with Gasteiger partial charge in [-0.15, -0.1) is 0 Å². The van der Waals surface area contributed by atoms with Crippen molar-refractivity contribution in [2.75, 3.05) is 6.54 Å². The molecule has 4 aliphatic rings. The van der Waals surface area contributed by atoms with E-state index in [4.69, 9.17) is 9.26 Å². The van der Waals surface area contributed by atoms with Crippen molar-refractivity contribution in [1.29, 1.82) is 0 Å². The average Bonchev–Trinajstić information content (AvgIpc) is 3.25. The summed E-state index contributed by atoms with van der Waals surface area (Å²) in [6, 6.07) is 1.74. The lowest BCUT2D eigenvalue weighted by Crippen LogP contribution is -2.68. The number of allylic oxidation sites excluding steroid dienone is 1. The molecule has 1 aromatic rings. The van der Waals surface area contributed by atoms with Crippen molar-refractivity contribution in [3.8, 4) is 0 Å². The van der Waals surface area contributed by atoms with E-state index in [-0.39, 0.29) is 36.0 Å². The number of hydrogen-bond acceptors (Lipinski definition) is 7. The van der Waals surface area contributed by atoms with Gasteiger partial charge in [0, 0.05) is 36.5 Å². The molecule has 30 heavy (non-hydrogen) atoms. The molecule has 1 heterocycles. The smallest absolute Gasteiger partial charge is 0.407 e. The van der Waals surface area contributed by atoms with Crippen LogP contribution < -0.4 is 16.1 Å². The molecule has 9 nitrogen and oxygen atoms in total. The average molecular weight is 415 g/mol. The zero-order chi connectivity index (χ0) is 21.1. The Kier molecular flexibility index (Phi) is 5.78. The maximum atomic E-state index is 12.2. The normalized spacial score (nSPS) is 29.4. The first-order valence-electron chi connectivity index (χ1n) is 10.5. The van der Waals surface area contributed by atoms with Crippen molar-refractivity contribution in [3.63, 3.8) is 0 Å². The monoisotopic (exact) mass is 415 g/mol. The predicted molar refractivity (Wildman–Crippen MR) is 110 cm³/mol. The number of carbonyl (C=O) groups is 2. The minimum absolute atomic E-state index is 0.0295. The molecular formula is C21H29N5O4. The number of nitrogens with zero attached hydrogens (tertiary/aromatic N) is 2. The number of aromatic nitrogens is 1. The SMILES string of the molecule is C=NN/C(=C\CNC(=O)Cc1cc(C)no1)[C@H]1CCC(OC(=O)NC23CC(C2)C3)C1. The van der Waals surface area contributed by atoms with Gasteiger partial charge in [0.1, 0.15) is 11.9 Å². The van der Waals surface area contributed by atoms with Crippen molar-refractivity contribution in [3.05, 3.63) is 29.3 Å². The summed E-state index contributed by atoms with van der Waals surface area (Å²) in [5.41, 5.74) is 4.59. The fourth-order valence-electron chi connectivity index (χ4n) is 4.75. The molecule has 2 atom stereocenters. The van der Waals surface area contributed by atoms with Crippen molar-refractivity contribution in [2.24, 2.45) is 16.9 Å². The molecule has 2 amide bonds. The van der Waals surface area contributed by atoms with Gasteiger partial charge >= 0.3 is 6.09 Å². The highest BCUT2D eigenvalue weighted by Gasteiger charge is 2.57. The second-order valence-corrected chi connectivity index (χ2v) is 8.77. The number of aryl methyl sites for hydroxylation is 1. The summed E-state index contributed by atoms with van der Waals surface area (Å²) in [4.78, 5) is 24.2. The van der Waals surface area contributed by atoms with Gasteiger partial charge in [-0.05, 0) is 57.4 Å². The van der Waals surface area contributed by atoms with Crippen molar-refractivity contribution in [1.82, 2.24) is 21.2 Å². The van der Waals surface area contributed by atoms with Crippen LogP contribution in [0.3, 0.4) is 0 Å². The summed E-state index contributed by atoms with van der Waals surface area (Å²) in [5.74, 6) is 1.38. The van der Waals surface area contributed by atoms with Crippen LogP contribution in [0.4, 0.5) is 4.79 Å². The topological polar surface area (TPSA) is 118 Å². The highest BCUT2D eigenvalue weighted by Crippen LogP contribution is 2.56. The quantitative estimate of drug-likeness (QED) is 0.420. The lowest BCUT2D eigenvalue weighted by molar-refractivity contribution is -0.120. The van der Waals surface area contributed by atoms with Gasteiger partial charge in [-0.2, -0.15) is 5.10 Å². The van der Waals surface area contributed by atoms with Crippen LogP contribution in [0.5, 0.6) is 0 Å². The maximum Gasteiger partial charge on any atom is 0.407 e. The molecule has 0 aromatic carbocycles. The van der Waals surface area contributed by atoms with Gasteiger partial charge in [-0.3, -0.25) is 10.2 Å². The molecule has 1 aromatic heterocycles. The second kappa shape index (κ2) is 8.49. The number of ether oxygens (including phenoxy) is 1. The number of carbonyl (C=O) groups excluding carboxylic acids is 2. The Morgan fingerprint density at radius 3 is 2.83 bits per heavy atom. The van der Waals surface area contributed by atoms with Crippen LogP contribution in [0.15, 0.2) is 27.5 Å². The molecule has 0 spiro atoms. The molecule has 162 valence electrons. The fraction of sp³-hybridized carbons (Fsp3) is 0.619. The van der Waals surface area contributed by atoms with E-state index in [0.29, 0.717) is 12.3 Å². The largest absolute Gasteiger partial charge is 0.446 e. The van der Waals surface area contributed by atoms with Gasteiger partial charge in [0.25, 0.3) is 0 Å². The van der Waals surface area contributed by atoms with Crippen molar-refractivity contribution < 1.29 is 18.8 Å². The van der Waals surface area contributed by atoms with Gasteiger partial charge in [0.2, 0.25) is 5.91 Å². The minimum atomic E-state index is -0.297. The maximum absolute atomic E-state index is 12.2. The van der Waals surface area contributed by atoms with Crippen LogP contribution in [-0.4, -0.2) is 42.1 Å². The van der Waals surface area contributed by atoms with Crippen LogP contribution in [0, 0.1) is 18.8 Å². The number of nitrogens with one attached hydrogen (secondary N) is 3. The first-order chi connectivity index (χ1) is 14.4. The van der Waals surface area contributed by atoms with Crippen molar-refractivity contribution in [2.45, 2.75) is 63.5 Å². The Morgan fingerprint density at radius 2 is 2.20 bits per heavy atom. The zero-order valence-electron chi connectivity index (χ0n) is 17.3. The highest BCUT2D eigenvalue weighted by molar-refractivity contribution is 5.78. The predicted octanol–water partition coefficient (Wildman–Crippen LogP) is 2.18. The number of hydrogen-bond donors (Lipinski definition) is 3. The third-order valence-corrected chi connectivity index (χ3v) is 6.34. The molecule has 4 aliphatic carbocycles. The summed E-state index contributed by atoms with van der Waals surface area (Å²) >= 11 is 0. The summed E-state index contributed by atoms with van der Waals surface area (Å²) in [5, 5.41) is 13.4. The Morgan fingerprint density at radius 1 is 1.40 bits per heavy atom. The second-order valence-electron chi connectivity index (χ2n) is 8.77. The number of alkyl carbamates (subject to hydrolysis) is 1. The van der Waals surface area contributed by atoms with E-state index in [1.807, 2.05) is 13.0 Å². The Labute approximate surface area is 175 Å². The van der Waals surface area contributed by atoms with E-state index >= 15 is 0 Å². The molecule has 4 saturated carbocycles. The third kappa shape index (κ3) is 4.66. The molecule has 0 aliphatic heterocycles. The molecule has 9 heteroatoms. The zero-order valence-corrected chi connectivity index (χ0v) is 17.3. The summed E-state index contributed by atoms with van der Waals surface area (Å²) in [7, 11) is 0. The molecule has 3 N–H and O–H groups in total. The number of hydrazone groups is 1. The van der Waals surface area contributed by atoms with Crippen LogP contribution >= 0.6 is 0 Å². The molecule has 5 rings (SSSR count). The Balaban J connectivity index is 1.22. The summed E-state index contributed by atoms with van der Waals surface area (Å²) in [6.07, 6.45) is 7.34. The van der Waals surface area contributed by atoms with Gasteiger partial charge in [-0.1, -0.05) is 5.16 Å². The molecular weight excluding hydrogens is 386 g/mol. The van der Waals surface area contributed by atoms with E-state index in [1.54, 1.807) is 6.07 Å². The van der Waals surface area contributed by atoms with Crippen molar-refractivity contribution >= 4 is 18.7 Å². The third-order valence-electron chi connectivity index (χ3n) is 6.34. The van der Waals surface area contributed by atoms with E-state index in [0.717, 1.165) is 55.8 Å². The van der Waals surface area contributed by atoms with Crippen LogP contribution in [-0.2, 0) is 16.0 Å². The van der Waals surface area contributed by atoms with Crippen LogP contribution in [0.2, 0.25) is 0 Å². The lowest BCUT2D eigenvalue weighted by atomic mass is 9.50. The minimum Gasteiger partial charge on any atom is -0.446 e. The Hall–Kier alpha value is -2.84. The number of rotatable bonds is 9. The summed E-state index contributed by atoms with van der Waals surface area (Å²) < 4.78 is 10.7. The number of amides is 2. The van der Waals surface area contributed by atoms with Gasteiger partial charge in [0.05, 0.1) is 12.1 Å².